The molecule has 0 spiro atoms. The van der Waals surface area contributed by atoms with Crippen LogP contribution in [0.1, 0.15) is 42.9 Å². The van der Waals surface area contributed by atoms with E-state index in [0.717, 1.165) is 24.1 Å². The van der Waals surface area contributed by atoms with E-state index in [0.29, 0.717) is 17.6 Å². The molecule has 0 aliphatic heterocycles. The summed E-state index contributed by atoms with van der Waals surface area (Å²) in [5.41, 5.74) is 7.27. The number of hydrogen-bond acceptors (Lipinski definition) is 4. The van der Waals surface area contributed by atoms with Gasteiger partial charge in [-0.05, 0) is 24.8 Å². The molecule has 0 amide bonds. The minimum absolute atomic E-state index is 0.196. The Labute approximate surface area is 131 Å². The number of benzene rings is 1. The molecule has 1 aliphatic rings. The van der Waals surface area contributed by atoms with Crippen molar-refractivity contribution in [2.45, 2.75) is 37.8 Å². The molecule has 1 aromatic carbocycles. The van der Waals surface area contributed by atoms with Crippen LogP contribution in [0.25, 0.3) is 0 Å². The molecule has 0 bridgehead atoms. The van der Waals surface area contributed by atoms with Gasteiger partial charge in [-0.2, -0.15) is 0 Å². The molecule has 4 N–H and O–H groups in total. The van der Waals surface area contributed by atoms with Crippen LogP contribution in [0.4, 0.5) is 0 Å². The predicted molar refractivity (Wildman–Crippen MR) is 88.2 cm³/mol. The van der Waals surface area contributed by atoms with Gasteiger partial charge in [0.2, 0.25) is 0 Å². The van der Waals surface area contributed by atoms with Crippen molar-refractivity contribution in [2.75, 3.05) is 19.7 Å². The summed E-state index contributed by atoms with van der Waals surface area (Å²) in [6, 6.07) is 8.01. The second-order valence-electron chi connectivity index (χ2n) is 5.66. The van der Waals surface area contributed by atoms with Crippen LogP contribution < -0.4 is 5.73 Å². The molecule has 0 radical (unpaired) electrons. The molecule has 1 aromatic rings. The molecule has 1 aliphatic carbocycles. The SMILES string of the molecule is NC(=S)c1ccc(C(O)CN(CCCO)C2CCC2)cc1. The average molecular weight is 308 g/mol. The summed E-state index contributed by atoms with van der Waals surface area (Å²) in [4.78, 5) is 2.67. The van der Waals surface area contributed by atoms with E-state index >= 15 is 0 Å². The lowest BCUT2D eigenvalue weighted by molar-refractivity contribution is 0.0536. The van der Waals surface area contributed by atoms with E-state index in [-0.39, 0.29) is 6.61 Å². The first-order valence-corrected chi connectivity index (χ1v) is 7.95. The highest BCUT2D eigenvalue weighted by atomic mass is 32.1. The van der Waals surface area contributed by atoms with Crippen molar-refractivity contribution in [3.05, 3.63) is 35.4 Å². The van der Waals surface area contributed by atoms with Crippen molar-refractivity contribution in [2.24, 2.45) is 5.73 Å². The number of nitrogens with two attached hydrogens (primary N) is 1. The molecule has 0 saturated heterocycles. The average Bonchev–Trinajstić information content (AvgIpc) is 2.42. The molecule has 1 fully saturated rings. The van der Waals surface area contributed by atoms with Crippen molar-refractivity contribution in [3.63, 3.8) is 0 Å². The molecular weight excluding hydrogens is 284 g/mol. The molecule has 0 aromatic heterocycles. The standard InChI is InChI=1S/C16H24N2O2S/c17-16(21)13-7-5-12(6-8-13)15(20)11-18(9-2-10-19)14-3-1-4-14/h5-8,14-15,19-20H,1-4,9-11H2,(H2,17,21). The fourth-order valence-corrected chi connectivity index (χ4v) is 2.78. The molecule has 21 heavy (non-hydrogen) atoms. The number of aliphatic hydroxyl groups excluding tert-OH is 2. The van der Waals surface area contributed by atoms with Gasteiger partial charge in [-0.25, -0.2) is 0 Å². The summed E-state index contributed by atoms with van der Waals surface area (Å²) < 4.78 is 0. The van der Waals surface area contributed by atoms with Gasteiger partial charge in [0.1, 0.15) is 4.99 Å². The number of aliphatic hydroxyl groups is 2. The van der Waals surface area contributed by atoms with E-state index in [4.69, 9.17) is 23.1 Å². The Balaban J connectivity index is 1.96. The van der Waals surface area contributed by atoms with Crippen LogP contribution in [0.5, 0.6) is 0 Å². The van der Waals surface area contributed by atoms with Gasteiger partial charge in [0.05, 0.1) is 6.10 Å². The zero-order chi connectivity index (χ0) is 15.2. The van der Waals surface area contributed by atoms with Crippen LogP contribution in [0.2, 0.25) is 0 Å². The van der Waals surface area contributed by atoms with E-state index in [9.17, 15) is 5.11 Å². The van der Waals surface area contributed by atoms with Crippen molar-refractivity contribution in [3.8, 4) is 0 Å². The first-order chi connectivity index (χ1) is 10.1. The van der Waals surface area contributed by atoms with E-state index in [1.54, 1.807) is 0 Å². The van der Waals surface area contributed by atoms with Crippen LogP contribution in [0.3, 0.4) is 0 Å². The predicted octanol–water partition coefficient (Wildman–Crippen LogP) is 1.59. The molecule has 1 saturated carbocycles. The minimum atomic E-state index is -0.523. The molecule has 1 atom stereocenters. The number of nitrogens with zero attached hydrogens (tertiary/aromatic N) is 1. The summed E-state index contributed by atoms with van der Waals surface area (Å²) in [5, 5.41) is 19.4. The Morgan fingerprint density at radius 2 is 2.00 bits per heavy atom. The molecule has 0 heterocycles. The Morgan fingerprint density at radius 3 is 2.48 bits per heavy atom. The van der Waals surface area contributed by atoms with Gasteiger partial charge in [0.15, 0.2) is 0 Å². The quantitative estimate of drug-likeness (QED) is 0.636. The van der Waals surface area contributed by atoms with Gasteiger partial charge in [0.25, 0.3) is 0 Å². The van der Waals surface area contributed by atoms with Crippen LogP contribution in [0, 0.1) is 0 Å². The van der Waals surface area contributed by atoms with Crippen LogP contribution in [0.15, 0.2) is 24.3 Å². The van der Waals surface area contributed by atoms with E-state index in [1.165, 1.54) is 19.3 Å². The first-order valence-electron chi connectivity index (χ1n) is 7.54. The molecule has 116 valence electrons. The summed E-state index contributed by atoms with van der Waals surface area (Å²) in [5.74, 6) is 0. The lowest BCUT2D eigenvalue weighted by Gasteiger charge is -2.38. The second-order valence-corrected chi connectivity index (χ2v) is 6.10. The Kier molecular flexibility index (Phi) is 6.11. The number of hydrogen-bond donors (Lipinski definition) is 3. The lowest BCUT2D eigenvalue weighted by Crippen LogP contribution is -2.43. The fourth-order valence-electron chi connectivity index (χ4n) is 2.65. The summed E-state index contributed by atoms with van der Waals surface area (Å²) >= 11 is 4.93. The summed E-state index contributed by atoms with van der Waals surface area (Å²) in [6.07, 6.45) is 3.88. The Hall–Kier alpha value is -1.01. The maximum atomic E-state index is 10.4. The maximum Gasteiger partial charge on any atom is 0.103 e. The highest BCUT2D eigenvalue weighted by Gasteiger charge is 2.26. The smallest absolute Gasteiger partial charge is 0.103 e. The highest BCUT2D eigenvalue weighted by molar-refractivity contribution is 7.80. The summed E-state index contributed by atoms with van der Waals surface area (Å²) in [7, 11) is 0. The van der Waals surface area contributed by atoms with Gasteiger partial charge in [0, 0.05) is 31.3 Å². The van der Waals surface area contributed by atoms with E-state index in [2.05, 4.69) is 4.90 Å². The van der Waals surface area contributed by atoms with Gasteiger partial charge >= 0.3 is 0 Å². The van der Waals surface area contributed by atoms with E-state index in [1.807, 2.05) is 24.3 Å². The Morgan fingerprint density at radius 1 is 1.33 bits per heavy atom. The topological polar surface area (TPSA) is 69.7 Å². The van der Waals surface area contributed by atoms with Crippen LogP contribution in [-0.2, 0) is 0 Å². The van der Waals surface area contributed by atoms with Crippen molar-refractivity contribution >= 4 is 17.2 Å². The van der Waals surface area contributed by atoms with Gasteiger partial charge < -0.3 is 15.9 Å². The number of rotatable bonds is 8. The Bertz CT molecular complexity index is 460. The minimum Gasteiger partial charge on any atom is -0.396 e. The van der Waals surface area contributed by atoms with Crippen LogP contribution in [-0.4, -0.2) is 45.8 Å². The lowest BCUT2D eigenvalue weighted by atomic mass is 9.90. The molecule has 4 nitrogen and oxygen atoms in total. The molecular formula is C16H24N2O2S. The second kappa shape index (κ2) is 7.84. The third-order valence-electron chi connectivity index (χ3n) is 4.18. The third-order valence-corrected chi connectivity index (χ3v) is 4.42. The molecule has 1 unspecified atom stereocenters. The van der Waals surface area contributed by atoms with Crippen molar-refractivity contribution in [1.82, 2.24) is 4.90 Å². The van der Waals surface area contributed by atoms with Gasteiger partial charge in [-0.15, -0.1) is 0 Å². The van der Waals surface area contributed by atoms with Crippen molar-refractivity contribution < 1.29 is 10.2 Å². The zero-order valence-corrected chi connectivity index (χ0v) is 13.1. The molecule has 5 heteroatoms. The zero-order valence-electron chi connectivity index (χ0n) is 12.2. The highest BCUT2D eigenvalue weighted by Crippen LogP contribution is 2.27. The largest absolute Gasteiger partial charge is 0.396 e. The third kappa shape index (κ3) is 4.48. The first kappa shape index (κ1) is 16.4. The number of thiocarbonyl (C=S) groups is 1. The monoisotopic (exact) mass is 308 g/mol. The van der Waals surface area contributed by atoms with Crippen molar-refractivity contribution in [1.29, 1.82) is 0 Å². The maximum absolute atomic E-state index is 10.4. The molecule has 2 rings (SSSR count). The van der Waals surface area contributed by atoms with E-state index < -0.39 is 6.10 Å². The van der Waals surface area contributed by atoms with Gasteiger partial charge in [-0.3, -0.25) is 4.90 Å². The fraction of sp³-hybridized carbons (Fsp3) is 0.562. The van der Waals surface area contributed by atoms with Crippen LogP contribution >= 0.6 is 12.2 Å². The normalized spacial score (nSPS) is 16.7. The van der Waals surface area contributed by atoms with Gasteiger partial charge in [-0.1, -0.05) is 42.9 Å². The summed E-state index contributed by atoms with van der Waals surface area (Å²) in [6.45, 7) is 1.64.